The summed E-state index contributed by atoms with van der Waals surface area (Å²) in [5.41, 5.74) is 9.52. The van der Waals surface area contributed by atoms with Gasteiger partial charge in [0.25, 0.3) is 5.91 Å². The first-order valence-electron chi connectivity index (χ1n) is 5.95. The van der Waals surface area contributed by atoms with E-state index in [-0.39, 0.29) is 11.7 Å². The van der Waals surface area contributed by atoms with Crippen molar-refractivity contribution >= 4 is 17.3 Å². The maximum Gasteiger partial charge on any atom is 0.255 e. The van der Waals surface area contributed by atoms with E-state index in [1.807, 2.05) is 26.0 Å². The van der Waals surface area contributed by atoms with Gasteiger partial charge in [-0.15, -0.1) is 0 Å². The van der Waals surface area contributed by atoms with E-state index in [9.17, 15) is 9.90 Å². The Labute approximate surface area is 111 Å². The molecule has 2 aromatic carbocycles. The molecule has 0 aliphatic rings. The Bertz CT molecular complexity index is 619. The first-order valence-corrected chi connectivity index (χ1v) is 5.95. The highest BCUT2D eigenvalue weighted by Crippen LogP contribution is 2.25. The molecule has 0 fully saturated rings. The standard InChI is InChI=1S/C15H16N2O2/c1-9-3-8-13(16)10(2)14(9)17-15(19)11-4-6-12(18)7-5-11/h3-8,18H,16H2,1-2H3,(H,17,19). The van der Waals surface area contributed by atoms with Crippen molar-refractivity contribution in [1.29, 1.82) is 0 Å². The van der Waals surface area contributed by atoms with Crippen molar-refractivity contribution in [2.75, 3.05) is 11.1 Å². The lowest BCUT2D eigenvalue weighted by molar-refractivity contribution is 0.102. The van der Waals surface area contributed by atoms with Crippen LogP contribution in [0.3, 0.4) is 0 Å². The van der Waals surface area contributed by atoms with Crippen molar-refractivity contribution < 1.29 is 9.90 Å². The summed E-state index contributed by atoms with van der Waals surface area (Å²) < 4.78 is 0. The number of rotatable bonds is 2. The number of nitrogens with two attached hydrogens (primary N) is 1. The van der Waals surface area contributed by atoms with Gasteiger partial charge in [0, 0.05) is 16.9 Å². The molecule has 4 N–H and O–H groups in total. The van der Waals surface area contributed by atoms with Crippen LogP contribution in [0.15, 0.2) is 36.4 Å². The average Bonchev–Trinajstić information content (AvgIpc) is 2.40. The third-order valence-electron chi connectivity index (χ3n) is 3.08. The van der Waals surface area contributed by atoms with Crippen molar-refractivity contribution in [1.82, 2.24) is 0 Å². The van der Waals surface area contributed by atoms with Crippen LogP contribution >= 0.6 is 0 Å². The summed E-state index contributed by atoms with van der Waals surface area (Å²) in [4.78, 5) is 12.1. The number of anilines is 2. The summed E-state index contributed by atoms with van der Waals surface area (Å²) in [7, 11) is 0. The number of carbonyl (C=O) groups excluding carboxylic acids is 1. The maximum atomic E-state index is 12.1. The largest absolute Gasteiger partial charge is 0.508 e. The number of benzene rings is 2. The number of aryl methyl sites for hydroxylation is 1. The molecule has 19 heavy (non-hydrogen) atoms. The number of hydrogen-bond acceptors (Lipinski definition) is 3. The Morgan fingerprint density at radius 1 is 1.11 bits per heavy atom. The molecular formula is C15H16N2O2. The Morgan fingerprint density at radius 2 is 1.74 bits per heavy atom. The minimum absolute atomic E-state index is 0.132. The highest BCUT2D eigenvalue weighted by molar-refractivity contribution is 6.05. The Kier molecular flexibility index (Phi) is 3.42. The monoisotopic (exact) mass is 256 g/mol. The maximum absolute atomic E-state index is 12.1. The van der Waals surface area contributed by atoms with Crippen LogP contribution < -0.4 is 11.1 Å². The first kappa shape index (κ1) is 13.0. The van der Waals surface area contributed by atoms with Crippen LogP contribution in [0, 0.1) is 13.8 Å². The molecule has 0 bridgehead atoms. The van der Waals surface area contributed by atoms with Gasteiger partial charge in [-0.3, -0.25) is 4.79 Å². The third kappa shape index (κ3) is 2.68. The zero-order valence-corrected chi connectivity index (χ0v) is 10.9. The first-order chi connectivity index (χ1) is 8.99. The van der Waals surface area contributed by atoms with E-state index >= 15 is 0 Å². The molecule has 0 unspecified atom stereocenters. The summed E-state index contributed by atoms with van der Waals surface area (Å²) in [6.45, 7) is 3.79. The fourth-order valence-corrected chi connectivity index (χ4v) is 1.85. The predicted molar refractivity (Wildman–Crippen MR) is 76.4 cm³/mol. The van der Waals surface area contributed by atoms with Crippen LogP contribution in [-0.2, 0) is 0 Å². The summed E-state index contributed by atoms with van der Waals surface area (Å²) in [5, 5.41) is 12.1. The highest BCUT2D eigenvalue weighted by atomic mass is 16.3. The van der Waals surface area contributed by atoms with Gasteiger partial charge in [-0.05, 0) is 55.3 Å². The van der Waals surface area contributed by atoms with Crippen LogP contribution in [0.1, 0.15) is 21.5 Å². The molecule has 2 aromatic rings. The minimum atomic E-state index is -0.225. The zero-order chi connectivity index (χ0) is 14.0. The molecule has 0 aliphatic carbocycles. The number of phenolic OH excluding ortho intramolecular Hbond substituents is 1. The Morgan fingerprint density at radius 3 is 2.37 bits per heavy atom. The molecule has 0 saturated carbocycles. The molecule has 4 nitrogen and oxygen atoms in total. The quantitative estimate of drug-likeness (QED) is 0.723. The van der Waals surface area contributed by atoms with E-state index in [0.29, 0.717) is 11.3 Å². The molecule has 0 aromatic heterocycles. The van der Waals surface area contributed by atoms with Crippen molar-refractivity contribution in [3.63, 3.8) is 0 Å². The Balaban J connectivity index is 2.29. The number of nitrogen functional groups attached to an aromatic ring is 1. The fourth-order valence-electron chi connectivity index (χ4n) is 1.85. The fraction of sp³-hybridized carbons (Fsp3) is 0.133. The van der Waals surface area contributed by atoms with Gasteiger partial charge in [0.05, 0.1) is 0 Å². The van der Waals surface area contributed by atoms with Crippen molar-refractivity contribution in [3.8, 4) is 5.75 Å². The molecule has 4 heteroatoms. The SMILES string of the molecule is Cc1ccc(N)c(C)c1NC(=O)c1ccc(O)cc1. The molecule has 0 atom stereocenters. The predicted octanol–water partition coefficient (Wildman–Crippen LogP) is 2.84. The number of nitrogens with one attached hydrogen (secondary N) is 1. The van der Waals surface area contributed by atoms with Gasteiger partial charge in [0.2, 0.25) is 0 Å². The molecule has 0 spiro atoms. The molecule has 0 heterocycles. The van der Waals surface area contributed by atoms with Gasteiger partial charge >= 0.3 is 0 Å². The second-order valence-electron chi connectivity index (χ2n) is 4.47. The number of carbonyl (C=O) groups is 1. The van der Waals surface area contributed by atoms with E-state index < -0.39 is 0 Å². The van der Waals surface area contributed by atoms with Crippen LogP contribution in [-0.4, -0.2) is 11.0 Å². The lowest BCUT2D eigenvalue weighted by Crippen LogP contribution is -2.14. The van der Waals surface area contributed by atoms with Gasteiger partial charge in [0.1, 0.15) is 5.75 Å². The molecule has 98 valence electrons. The molecule has 0 aliphatic heterocycles. The Hall–Kier alpha value is -2.49. The van der Waals surface area contributed by atoms with Crippen LogP contribution in [0.5, 0.6) is 5.75 Å². The van der Waals surface area contributed by atoms with Crippen molar-refractivity contribution in [3.05, 3.63) is 53.1 Å². The summed E-state index contributed by atoms with van der Waals surface area (Å²) >= 11 is 0. The second kappa shape index (κ2) is 5.02. The summed E-state index contributed by atoms with van der Waals surface area (Å²) in [5.74, 6) is -0.0929. The number of phenols is 1. The van der Waals surface area contributed by atoms with E-state index in [0.717, 1.165) is 16.8 Å². The third-order valence-corrected chi connectivity index (χ3v) is 3.08. The van der Waals surface area contributed by atoms with E-state index in [1.165, 1.54) is 12.1 Å². The van der Waals surface area contributed by atoms with Crippen LogP contribution in [0.4, 0.5) is 11.4 Å². The normalized spacial score (nSPS) is 10.2. The van der Waals surface area contributed by atoms with Gasteiger partial charge in [-0.2, -0.15) is 0 Å². The van der Waals surface area contributed by atoms with Gasteiger partial charge < -0.3 is 16.2 Å². The number of amides is 1. The lowest BCUT2D eigenvalue weighted by Gasteiger charge is -2.13. The minimum Gasteiger partial charge on any atom is -0.508 e. The molecule has 1 amide bonds. The molecule has 0 saturated heterocycles. The van der Waals surface area contributed by atoms with Gasteiger partial charge in [-0.1, -0.05) is 6.07 Å². The van der Waals surface area contributed by atoms with Crippen LogP contribution in [0.25, 0.3) is 0 Å². The molecule has 2 rings (SSSR count). The van der Waals surface area contributed by atoms with E-state index in [4.69, 9.17) is 5.73 Å². The topological polar surface area (TPSA) is 75.3 Å². The van der Waals surface area contributed by atoms with Crippen molar-refractivity contribution in [2.45, 2.75) is 13.8 Å². The second-order valence-corrected chi connectivity index (χ2v) is 4.47. The number of aromatic hydroxyl groups is 1. The number of hydrogen-bond donors (Lipinski definition) is 3. The van der Waals surface area contributed by atoms with Gasteiger partial charge in [-0.25, -0.2) is 0 Å². The van der Waals surface area contributed by atoms with Crippen molar-refractivity contribution in [2.24, 2.45) is 0 Å². The molecule has 0 radical (unpaired) electrons. The average molecular weight is 256 g/mol. The van der Waals surface area contributed by atoms with Crippen LogP contribution in [0.2, 0.25) is 0 Å². The smallest absolute Gasteiger partial charge is 0.255 e. The molecular weight excluding hydrogens is 240 g/mol. The lowest BCUT2D eigenvalue weighted by atomic mass is 10.1. The highest BCUT2D eigenvalue weighted by Gasteiger charge is 2.11. The zero-order valence-electron chi connectivity index (χ0n) is 10.9. The van der Waals surface area contributed by atoms with E-state index in [1.54, 1.807) is 12.1 Å². The van der Waals surface area contributed by atoms with Gasteiger partial charge in [0.15, 0.2) is 0 Å². The summed E-state index contributed by atoms with van der Waals surface area (Å²) in [6, 6.07) is 9.79. The summed E-state index contributed by atoms with van der Waals surface area (Å²) in [6.07, 6.45) is 0. The van der Waals surface area contributed by atoms with E-state index in [2.05, 4.69) is 5.32 Å².